The lowest BCUT2D eigenvalue weighted by Gasteiger charge is -2.07. The van der Waals surface area contributed by atoms with Crippen LogP contribution in [-0.2, 0) is 12.7 Å². The van der Waals surface area contributed by atoms with Crippen LogP contribution in [0.4, 0.5) is 13.2 Å². The van der Waals surface area contributed by atoms with Crippen molar-refractivity contribution >= 4 is 28.6 Å². The minimum absolute atomic E-state index is 0.198. The van der Waals surface area contributed by atoms with Crippen molar-refractivity contribution in [2.45, 2.75) is 12.7 Å². The van der Waals surface area contributed by atoms with Gasteiger partial charge in [-0.15, -0.1) is 22.7 Å². The summed E-state index contributed by atoms with van der Waals surface area (Å²) in [6.45, 7) is 0.396. The summed E-state index contributed by atoms with van der Waals surface area (Å²) < 4.78 is 38.3. The van der Waals surface area contributed by atoms with Crippen LogP contribution in [0.15, 0.2) is 47.2 Å². The summed E-state index contributed by atoms with van der Waals surface area (Å²) in [5, 5.41) is 6.57. The molecule has 3 nitrogen and oxygen atoms in total. The van der Waals surface area contributed by atoms with E-state index in [2.05, 4.69) is 10.3 Å². The van der Waals surface area contributed by atoms with Crippen molar-refractivity contribution in [2.75, 3.05) is 0 Å². The van der Waals surface area contributed by atoms with Gasteiger partial charge < -0.3 is 5.32 Å². The van der Waals surface area contributed by atoms with E-state index >= 15 is 0 Å². The van der Waals surface area contributed by atoms with E-state index in [1.165, 1.54) is 17.4 Å². The highest BCUT2D eigenvalue weighted by Crippen LogP contribution is 2.33. The number of thiophene rings is 1. The number of carbonyl (C=O) groups excluding carboxylic acids is 1. The molecule has 0 radical (unpaired) electrons. The van der Waals surface area contributed by atoms with Gasteiger partial charge in [0.25, 0.3) is 5.91 Å². The van der Waals surface area contributed by atoms with Crippen LogP contribution < -0.4 is 5.32 Å². The lowest BCUT2D eigenvalue weighted by atomic mass is 10.1. The first-order valence-corrected chi connectivity index (χ1v) is 8.63. The van der Waals surface area contributed by atoms with Crippen molar-refractivity contribution in [3.8, 4) is 10.6 Å². The maximum atomic E-state index is 12.8. The standard InChI is InChI=1S/C16H11F3N2OS2/c17-16(18,19)11-4-1-3-10(7-11)15-21-13(9-24-15)14(22)20-8-12-5-2-6-23-12/h1-7,9H,8H2,(H,20,22). The minimum Gasteiger partial charge on any atom is -0.346 e. The van der Waals surface area contributed by atoms with Gasteiger partial charge in [-0.3, -0.25) is 4.79 Å². The predicted octanol–water partition coefficient (Wildman–Crippen LogP) is 4.82. The van der Waals surface area contributed by atoms with Crippen LogP contribution in [0.3, 0.4) is 0 Å². The molecule has 0 bridgehead atoms. The summed E-state index contributed by atoms with van der Waals surface area (Å²) >= 11 is 2.66. The Hall–Kier alpha value is -2.19. The molecule has 0 atom stereocenters. The maximum Gasteiger partial charge on any atom is 0.416 e. The summed E-state index contributed by atoms with van der Waals surface area (Å²) in [5.74, 6) is -0.349. The van der Waals surface area contributed by atoms with Gasteiger partial charge in [-0.05, 0) is 23.6 Å². The Morgan fingerprint density at radius 2 is 2.00 bits per heavy atom. The van der Waals surface area contributed by atoms with Gasteiger partial charge in [-0.25, -0.2) is 4.98 Å². The normalized spacial score (nSPS) is 11.5. The molecule has 0 saturated heterocycles. The average Bonchev–Trinajstić information content (AvgIpc) is 3.23. The number of hydrogen-bond acceptors (Lipinski definition) is 4. The fourth-order valence-electron chi connectivity index (χ4n) is 2.01. The summed E-state index contributed by atoms with van der Waals surface area (Å²) in [7, 11) is 0. The Bertz CT molecular complexity index is 841. The van der Waals surface area contributed by atoms with Crippen LogP contribution in [0.2, 0.25) is 0 Å². The highest BCUT2D eigenvalue weighted by atomic mass is 32.1. The highest BCUT2D eigenvalue weighted by Gasteiger charge is 2.30. The Balaban J connectivity index is 1.74. The zero-order valence-corrected chi connectivity index (χ0v) is 13.8. The first-order chi connectivity index (χ1) is 11.4. The molecule has 0 spiro atoms. The van der Waals surface area contributed by atoms with Crippen LogP contribution in [0, 0.1) is 0 Å². The third kappa shape index (κ3) is 3.82. The highest BCUT2D eigenvalue weighted by molar-refractivity contribution is 7.13. The summed E-state index contributed by atoms with van der Waals surface area (Å²) in [5.41, 5.74) is -0.199. The van der Waals surface area contributed by atoms with Gasteiger partial charge in [0.15, 0.2) is 0 Å². The number of hydrogen-bond donors (Lipinski definition) is 1. The zero-order chi connectivity index (χ0) is 17.2. The van der Waals surface area contributed by atoms with Crippen LogP contribution in [-0.4, -0.2) is 10.9 Å². The number of thiazole rings is 1. The topological polar surface area (TPSA) is 42.0 Å². The molecule has 0 aliphatic carbocycles. The number of benzene rings is 1. The largest absolute Gasteiger partial charge is 0.416 e. The second-order valence-electron chi connectivity index (χ2n) is 4.88. The van der Waals surface area contributed by atoms with Crippen molar-refractivity contribution in [3.05, 3.63) is 63.3 Å². The number of nitrogens with zero attached hydrogens (tertiary/aromatic N) is 1. The number of rotatable bonds is 4. The molecule has 2 aromatic heterocycles. The number of nitrogens with one attached hydrogen (secondary N) is 1. The molecule has 0 fully saturated rings. The number of aromatic nitrogens is 1. The molecule has 1 aromatic carbocycles. The van der Waals surface area contributed by atoms with E-state index < -0.39 is 11.7 Å². The van der Waals surface area contributed by atoms with Crippen LogP contribution >= 0.6 is 22.7 Å². The van der Waals surface area contributed by atoms with E-state index in [4.69, 9.17) is 0 Å². The Labute approximate surface area is 143 Å². The fourth-order valence-corrected chi connectivity index (χ4v) is 3.45. The third-order valence-corrected chi connectivity index (χ3v) is 4.94. The molecule has 24 heavy (non-hydrogen) atoms. The number of carbonyl (C=O) groups is 1. The Morgan fingerprint density at radius 1 is 1.17 bits per heavy atom. The molecule has 0 aliphatic heterocycles. The summed E-state index contributed by atoms with van der Waals surface area (Å²) in [6.07, 6.45) is -4.41. The van der Waals surface area contributed by atoms with E-state index in [1.54, 1.807) is 11.4 Å². The molecule has 8 heteroatoms. The van der Waals surface area contributed by atoms with Gasteiger partial charge >= 0.3 is 6.18 Å². The SMILES string of the molecule is O=C(NCc1cccs1)c1csc(-c2cccc(C(F)(F)F)c2)n1. The van der Waals surface area contributed by atoms with Crippen LogP contribution in [0.25, 0.3) is 10.6 Å². The summed E-state index contributed by atoms with van der Waals surface area (Å²) in [4.78, 5) is 17.2. The van der Waals surface area contributed by atoms with E-state index in [1.807, 2.05) is 17.5 Å². The maximum absolute atomic E-state index is 12.8. The Morgan fingerprint density at radius 3 is 2.71 bits per heavy atom. The molecule has 124 valence electrons. The fraction of sp³-hybridized carbons (Fsp3) is 0.125. The minimum atomic E-state index is -4.41. The third-order valence-electron chi connectivity index (χ3n) is 3.18. The molecule has 3 rings (SSSR count). The van der Waals surface area contributed by atoms with E-state index in [0.717, 1.165) is 28.3 Å². The lowest BCUT2D eigenvalue weighted by Crippen LogP contribution is -2.22. The van der Waals surface area contributed by atoms with Crippen molar-refractivity contribution in [2.24, 2.45) is 0 Å². The van der Waals surface area contributed by atoms with Crippen LogP contribution in [0.1, 0.15) is 20.9 Å². The molecule has 0 aliphatic rings. The van der Waals surface area contributed by atoms with E-state index in [9.17, 15) is 18.0 Å². The van der Waals surface area contributed by atoms with Gasteiger partial charge in [0.05, 0.1) is 12.1 Å². The lowest BCUT2D eigenvalue weighted by molar-refractivity contribution is -0.137. The van der Waals surface area contributed by atoms with Gasteiger partial charge in [0, 0.05) is 15.8 Å². The van der Waals surface area contributed by atoms with Crippen LogP contribution in [0.5, 0.6) is 0 Å². The number of amides is 1. The Kier molecular flexibility index (Phi) is 4.68. The van der Waals surface area contributed by atoms with Gasteiger partial charge in [0.2, 0.25) is 0 Å². The second kappa shape index (κ2) is 6.74. The first-order valence-electron chi connectivity index (χ1n) is 6.87. The predicted molar refractivity (Wildman–Crippen MR) is 88.0 cm³/mol. The molecular formula is C16H11F3N2OS2. The molecular weight excluding hydrogens is 357 g/mol. The van der Waals surface area contributed by atoms with E-state index in [-0.39, 0.29) is 11.6 Å². The smallest absolute Gasteiger partial charge is 0.346 e. The van der Waals surface area contributed by atoms with Gasteiger partial charge in [-0.2, -0.15) is 13.2 Å². The van der Waals surface area contributed by atoms with E-state index in [0.29, 0.717) is 17.1 Å². The first kappa shape index (κ1) is 16.7. The molecule has 0 saturated carbocycles. The molecule has 0 unspecified atom stereocenters. The average molecular weight is 368 g/mol. The van der Waals surface area contributed by atoms with Gasteiger partial charge in [-0.1, -0.05) is 18.2 Å². The monoisotopic (exact) mass is 368 g/mol. The van der Waals surface area contributed by atoms with Gasteiger partial charge in [0.1, 0.15) is 10.7 Å². The van der Waals surface area contributed by atoms with Crippen molar-refractivity contribution in [3.63, 3.8) is 0 Å². The molecule has 1 amide bonds. The van der Waals surface area contributed by atoms with Crippen molar-refractivity contribution < 1.29 is 18.0 Å². The quantitative estimate of drug-likeness (QED) is 0.717. The number of alkyl halides is 3. The second-order valence-corrected chi connectivity index (χ2v) is 6.77. The number of halogens is 3. The van der Waals surface area contributed by atoms with Crippen molar-refractivity contribution in [1.29, 1.82) is 0 Å². The molecule has 3 aromatic rings. The zero-order valence-electron chi connectivity index (χ0n) is 12.1. The van der Waals surface area contributed by atoms with Crippen molar-refractivity contribution in [1.82, 2.24) is 10.3 Å². The molecule has 1 N–H and O–H groups in total. The molecule has 2 heterocycles. The summed E-state index contributed by atoms with van der Waals surface area (Å²) in [6, 6.07) is 8.70.